The molecule has 0 aromatic heterocycles. The maximum absolute atomic E-state index is 13.9. The lowest BCUT2D eigenvalue weighted by Gasteiger charge is -2.29. The van der Waals surface area contributed by atoms with Gasteiger partial charge in [0.25, 0.3) is 0 Å². The summed E-state index contributed by atoms with van der Waals surface area (Å²) in [6, 6.07) is 26.5. The van der Waals surface area contributed by atoms with Gasteiger partial charge in [-0.3, -0.25) is 4.79 Å². The van der Waals surface area contributed by atoms with Crippen LogP contribution in [0.5, 0.6) is 5.75 Å². The zero-order valence-corrected chi connectivity index (χ0v) is 20.2. The second-order valence-electron chi connectivity index (χ2n) is 8.63. The van der Waals surface area contributed by atoms with Crippen LogP contribution in [0.3, 0.4) is 0 Å². The summed E-state index contributed by atoms with van der Waals surface area (Å²) in [5.74, 6) is 0.363. The number of nitrogens with zero attached hydrogens (tertiary/aromatic N) is 1. The molecule has 0 spiro atoms. The average Bonchev–Trinajstić information content (AvgIpc) is 2.78. The molecule has 0 aliphatic rings. The summed E-state index contributed by atoms with van der Waals surface area (Å²) in [6.45, 7) is 5.35. The highest BCUT2D eigenvalue weighted by atomic mass is 32.2. The van der Waals surface area contributed by atoms with Crippen LogP contribution >= 0.6 is 0 Å². The molecule has 0 radical (unpaired) electrons. The standard InChI is InChI=1S/C27H31NO4S/c1-21(2)18-19-28(20-22-14-16-25(17-15-22)32-33(3,30)31)27(29)26(23-10-6-4-7-11-23)24-12-8-5-9-13-24/h4-17,21,26H,18-20H2,1-3H3. The van der Waals surface area contributed by atoms with Crippen molar-refractivity contribution in [1.29, 1.82) is 0 Å². The highest BCUT2D eigenvalue weighted by Crippen LogP contribution is 2.28. The fraction of sp³-hybridized carbons (Fsp3) is 0.296. The van der Waals surface area contributed by atoms with Gasteiger partial charge in [-0.15, -0.1) is 0 Å². The van der Waals surface area contributed by atoms with Gasteiger partial charge in [-0.2, -0.15) is 8.42 Å². The summed E-state index contributed by atoms with van der Waals surface area (Å²) in [5.41, 5.74) is 2.83. The van der Waals surface area contributed by atoms with Gasteiger partial charge in [0, 0.05) is 13.1 Å². The van der Waals surface area contributed by atoms with E-state index in [2.05, 4.69) is 13.8 Å². The number of carbonyl (C=O) groups is 1. The Morgan fingerprint density at radius 3 is 1.82 bits per heavy atom. The molecule has 174 valence electrons. The van der Waals surface area contributed by atoms with Crippen molar-refractivity contribution in [3.63, 3.8) is 0 Å². The molecule has 6 heteroatoms. The zero-order chi connectivity index (χ0) is 23.8. The first-order valence-electron chi connectivity index (χ1n) is 11.1. The minimum absolute atomic E-state index is 0.0458. The van der Waals surface area contributed by atoms with Crippen LogP contribution in [0.25, 0.3) is 0 Å². The molecule has 3 rings (SSSR count). The Morgan fingerprint density at radius 2 is 1.36 bits per heavy atom. The van der Waals surface area contributed by atoms with Crippen LogP contribution in [-0.4, -0.2) is 32.0 Å². The second-order valence-corrected chi connectivity index (χ2v) is 10.2. The summed E-state index contributed by atoms with van der Waals surface area (Å²) in [6.07, 6.45) is 1.90. The van der Waals surface area contributed by atoms with E-state index < -0.39 is 16.0 Å². The normalized spacial score (nSPS) is 11.5. The van der Waals surface area contributed by atoms with Crippen LogP contribution in [0.15, 0.2) is 84.9 Å². The van der Waals surface area contributed by atoms with Gasteiger partial charge in [0.1, 0.15) is 5.75 Å². The predicted octanol–water partition coefficient (Wildman–Crippen LogP) is 5.23. The quantitative estimate of drug-likeness (QED) is 0.385. The van der Waals surface area contributed by atoms with Crippen LogP contribution in [0.1, 0.15) is 42.9 Å². The second kappa shape index (κ2) is 11.1. The van der Waals surface area contributed by atoms with Crippen LogP contribution < -0.4 is 4.18 Å². The number of rotatable bonds is 10. The Labute approximate surface area is 197 Å². The maximum atomic E-state index is 13.9. The minimum atomic E-state index is -3.58. The minimum Gasteiger partial charge on any atom is -0.383 e. The maximum Gasteiger partial charge on any atom is 0.306 e. The molecule has 0 fully saturated rings. The van der Waals surface area contributed by atoms with Gasteiger partial charge >= 0.3 is 10.1 Å². The van der Waals surface area contributed by atoms with E-state index in [0.717, 1.165) is 29.4 Å². The molecule has 0 unspecified atom stereocenters. The van der Waals surface area contributed by atoms with Crippen LogP contribution in [0.4, 0.5) is 0 Å². The molecular formula is C27H31NO4S. The molecule has 0 heterocycles. The Morgan fingerprint density at radius 1 is 0.848 bits per heavy atom. The van der Waals surface area contributed by atoms with Crippen molar-refractivity contribution in [2.24, 2.45) is 5.92 Å². The van der Waals surface area contributed by atoms with Gasteiger partial charge < -0.3 is 9.08 Å². The molecule has 1 amide bonds. The van der Waals surface area contributed by atoms with Gasteiger partial charge in [-0.1, -0.05) is 86.6 Å². The van der Waals surface area contributed by atoms with Crippen molar-refractivity contribution in [1.82, 2.24) is 4.90 Å². The molecule has 33 heavy (non-hydrogen) atoms. The van der Waals surface area contributed by atoms with Gasteiger partial charge in [0.2, 0.25) is 5.91 Å². The van der Waals surface area contributed by atoms with Crippen LogP contribution in [0, 0.1) is 5.92 Å². The SMILES string of the molecule is CC(C)CCN(Cc1ccc(OS(C)(=O)=O)cc1)C(=O)C(c1ccccc1)c1ccccc1. The summed E-state index contributed by atoms with van der Waals surface area (Å²) in [7, 11) is -3.58. The molecule has 5 nitrogen and oxygen atoms in total. The Kier molecular flexibility index (Phi) is 8.28. The lowest BCUT2D eigenvalue weighted by molar-refractivity contribution is -0.132. The van der Waals surface area contributed by atoms with E-state index in [4.69, 9.17) is 4.18 Å². The van der Waals surface area contributed by atoms with Gasteiger partial charge in [-0.25, -0.2) is 0 Å². The lowest BCUT2D eigenvalue weighted by Crippen LogP contribution is -2.36. The predicted molar refractivity (Wildman–Crippen MR) is 132 cm³/mol. The van der Waals surface area contributed by atoms with Gasteiger partial charge in [0.05, 0.1) is 12.2 Å². The van der Waals surface area contributed by atoms with E-state index in [0.29, 0.717) is 19.0 Å². The molecular weight excluding hydrogens is 434 g/mol. The van der Waals surface area contributed by atoms with Crippen molar-refractivity contribution in [3.05, 3.63) is 102 Å². The number of carbonyl (C=O) groups excluding carboxylic acids is 1. The average molecular weight is 466 g/mol. The van der Waals surface area contributed by atoms with Crippen molar-refractivity contribution in [2.45, 2.75) is 32.7 Å². The molecule has 0 aliphatic carbocycles. The Hall–Kier alpha value is -3.12. The molecule has 0 bridgehead atoms. The van der Waals surface area contributed by atoms with E-state index in [9.17, 15) is 13.2 Å². The van der Waals surface area contributed by atoms with E-state index in [1.807, 2.05) is 65.6 Å². The number of amides is 1. The first-order valence-corrected chi connectivity index (χ1v) is 12.9. The fourth-order valence-electron chi connectivity index (χ4n) is 3.68. The molecule has 0 N–H and O–H groups in total. The number of hydrogen-bond donors (Lipinski definition) is 0. The van der Waals surface area contributed by atoms with Gasteiger partial charge in [0.15, 0.2) is 0 Å². The van der Waals surface area contributed by atoms with E-state index in [1.54, 1.807) is 24.3 Å². The van der Waals surface area contributed by atoms with Gasteiger partial charge in [-0.05, 0) is 41.2 Å². The van der Waals surface area contributed by atoms with E-state index >= 15 is 0 Å². The van der Waals surface area contributed by atoms with Crippen molar-refractivity contribution >= 4 is 16.0 Å². The molecule has 3 aromatic carbocycles. The number of hydrogen-bond acceptors (Lipinski definition) is 4. The molecule has 0 saturated heterocycles. The van der Waals surface area contributed by atoms with Crippen molar-refractivity contribution in [3.8, 4) is 5.75 Å². The lowest BCUT2D eigenvalue weighted by atomic mass is 9.89. The third-order valence-electron chi connectivity index (χ3n) is 5.35. The molecule has 0 atom stereocenters. The Balaban J connectivity index is 1.90. The van der Waals surface area contributed by atoms with Crippen molar-refractivity contribution < 1.29 is 17.4 Å². The summed E-state index contributed by atoms with van der Waals surface area (Å²) in [5, 5.41) is 0. The number of benzene rings is 3. The summed E-state index contributed by atoms with van der Waals surface area (Å²) in [4.78, 5) is 15.8. The Bertz CT molecular complexity index is 1090. The largest absolute Gasteiger partial charge is 0.383 e. The van der Waals surface area contributed by atoms with Crippen molar-refractivity contribution in [2.75, 3.05) is 12.8 Å². The molecule has 0 saturated carbocycles. The highest BCUT2D eigenvalue weighted by Gasteiger charge is 2.27. The smallest absolute Gasteiger partial charge is 0.306 e. The fourth-order valence-corrected chi connectivity index (χ4v) is 4.14. The topological polar surface area (TPSA) is 63.7 Å². The van der Waals surface area contributed by atoms with Crippen LogP contribution in [0.2, 0.25) is 0 Å². The first kappa shape index (κ1) is 24.5. The van der Waals surface area contributed by atoms with E-state index in [1.165, 1.54) is 0 Å². The molecule has 0 aliphatic heterocycles. The first-order chi connectivity index (χ1) is 15.7. The highest BCUT2D eigenvalue weighted by molar-refractivity contribution is 7.86. The molecule has 3 aromatic rings. The van der Waals surface area contributed by atoms with Crippen LogP contribution in [-0.2, 0) is 21.5 Å². The monoisotopic (exact) mass is 465 g/mol. The third kappa shape index (κ3) is 7.46. The third-order valence-corrected chi connectivity index (χ3v) is 5.84. The zero-order valence-electron chi connectivity index (χ0n) is 19.3. The summed E-state index contributed by atoms with van der Waals surface area (Å²) >= 11 is 0. The van der Waals surface area contributed by atoms with E-state index in [-0.39, 0.29) is 11.7 Å². The summed E-state index contributed by atoms with van der Waals surface area (Å²) < 4.78 is 27.7.